The number of likely N-dealkylation sites (N-methyl/N-ethyl adjacent to an activating group) is 1. The molecule has 0 radical (unpaired) electrons. The quantitative estimate of drug-likeness (QED) is 0.619. The van der Waals surface area contributed by atoms with Crippen molar-refractivity contribution in [3.05, 3.63) is 59.9 Å². The second-order valence-electron chi connectivity index (χ2n) is 7.96. The molecule has 30 heavy (non-hydrogen) atoms. The average molecular weight is 403 g/mol. The molecule has 8 heteroatoms. The molecule has 2 aromatic heterocycles. The molecule has 0 saturated carbocycles. The second kappa shape index (κ2) is 7.46. The van der Waals surface area contributed by atoms with Gasteiger partial charge in [-0.25, -0.2) is 4.98 Å². The van der Waals surface area contributed by atoms with E-state index in [0.29, 0.717) is 24.5 Å². The normalized spacial score (nSPS) is 18.1. The Hall–Kier alpha value is -3.39. The van der Waals surface area contributed by atoms with Crippen molar-refractivity contribution in [2.24, 2.45) is 0 Å². The first-order valence-corrected chi connectivity index (χ1v) is 10.2. The lowest BCUT2D eigenvalue weighted by Crippen LogP contribution is -2.44. The molecule has 0 aliphatic carbocycles. The summed E-state index contributed by atoms with van der Waals surface area (Å²) in [7, 11) is 2.15. The van der Waals surface area contributed by atoms with Crippen LogP contribution in [0.5, 0.6) is 0 Å². The highest BCUT2D eigenvalue weighted by molar-refractivity contribution is 6.23. The van der Waals surface area contributed by atoms with Crippen LogP contribution in [0.25, 0.3) is 16.6 Å². The number of hydrogen-bond acceptors (Lipinski definition) is 6. The maximum Gasteiger partial charge on any atom is 0.145 e. The summed E-state index contributed by atoms with van der Waals surface area (Å²) in [6.07, 6.45) is 3.51. The fourth-order valence-corrected chi connectivity index (χ4v) is 4.11. The van der Waals surface area contributed by atoms with Crippen LogP contribution < -0.4 is 4.90 Å². The first-order valence-electron chi connectivity index (χ1n) is 10.2. The van der Waals surface area contributed by atoms with Gasteiger partial charge in [-0.15, -0.1) is 0 Å². The van der Waals surface area contributed by atoms with E-state index in [1.165, 1.54) is 5.69 Å². The van der Waals surface area contributed by atoms with Crippen LogP contribution in [0.15, 0.2) is 48.5 Å². The lowest BCUT2D eigenvalue weighted by molar-refractivity contribution is 0.313. The van der Waals surface area contributed by atoms with E-state index < -0.39 is 0 Å². The number of hydrogen-bond donors (Lipinski definition) is 3. The number of aromatic amines is 1. The molecular formula is C22H25N7O. The smallest absolute Gasteiger partial charge is 0.145 e. The number of anilines is 1. The van der Waals surface area contributed by atoms with E-state index in [1.807, 2.05) is 23.1 Å². The van der Waals surface area contributed by atoms with E-state index in [1.54, 1.807) is 12.4 Å². The lowest BCUT2D eigenvalue weighted by Gasteiger charge is -2.34. The first-order chi connectivity index (χ1) is 14.6. The number of aromatic nitrogens is 3. The van der Waals surface area contributed by atoms with E-state index in [-0.39, 0.29) is 11.6 Å². The second-order valence-corrected chi connectivity index (χ2v) is 7.96. The highest BCUT2D eigenvalue weighted by atomic mass is 16.3. The van der Waals surface area contributed by atoms with Gasteiger partial charge in [-0.3, -0.25) is 10.4 Å². The molecule has 154 valence electrons. The van der Waals surface area contributed by atoms with Gasteiger partial charge in [-0.05, 0) is 36.9 Å². The summed E-state index contributed by atoms with van der Waals surface area (Å²) in [5.41, 5.74) is 4.39. The van der Waals surface area contributed by atoms with Crippen molar-refractivity contribution in [3.63, 3.8) is 0 Å². The summed E-state index contributed by atoms with van der Waals surface area (Å²) in [5, 5.41) is 19.2. The molecule has 1 saturated heterocycles. The highest BCUT2D eigenvalue weighted by Gasteiger charge is 2.30. The Bertz CT molecular complexity index is 1110. The minimum Gasteiger partial charge on any atom is -0.510 e. The Morgan fingerprint density at radius 3 is 2.77 bits per heavy atom. The van der Waals surface area contributed by atoms with Crippen molar-refractivity contribution in [3.8, 4) is 0 Å². The molecule has 0 bridgehead atoms. The van der Waals surface area contributed by atoms with E-state index in [2.05, 4.69) is 43.9 Å². The Morgan fingerprint density at radius 1 is 1.17 bits per heavy atom. The van der Waals surface area contributed by atoms with Crippen LogP contribution in [0.3, 0.4) is 0 Å². The van der Waals surface area contributed by atoms with Crippen LogP contribution >= 0.6 is 0 Å². The van der Waals surface area contributed by atoms with Crippen LogP contribution in [-0.4, -0.2) is 75.5 Å². The predicted octanol–water partition coefficient (Wildman–Crippen LogP) is 2.47. The Balaban J connectivity index is 1.39. The fourth-order valence-electron chi connectivity index (χ4n) is 4.11. The fraction of sp³-hybridized carbons (Fsp3) is 0.318. The van der Waals surface area contributed by atoms with Gasteiger partial charge in [0.2, 0.25) is 0 Å². The number of rotatable bonds is 4. The SMILES string of the molecule is CN1CCN(c2ccc3nc(C4=C(O)CN(Cc5cccnc5)C4=N)[nH]c3c2)CC1. The number of pyridine rings is 1. The van der Waals surface area contributed by atoms with E-state index >= 15 is 0 Å². The van der Waals surface area contributed by atoms with Crippen LogP contribution in [-0.2, 0) is 6.54 Å². The van der Waals surface area contributed by atoms with Crippen LogP contribution in [0.1, 0.15) is 11.4 Å². The third-order valence-corrected chi connectivity index (χ3v) is 5.85. The number of aliphatic hydroxyl groups is 1. The Morgan fingerprint density at radius 2 is 2.00 bits per heavy atom. The summed E-state index contributed by atoms with van der Waals surface area (Å²) in [6, 6.07) is 10.1. The molecule has 2 aliphatic heterocycles. The van der Waals surface area contributed by atoms with Crippen molar-refractivity contribution in [2.75, 3.05) is 44.7 Å². The third kappa shape index (κ3) is 3.39. The summed E-state index contributed by atoms with van der Waals surface area (Å²) < 4.78 is 0. The molecule has 0 amide bonds. The minimum absolute atomic E-state index is 0.169. The number of amidine groups is 1. The molecule has 8 nitrogen and oxygen atoms in total. The zero-order valence-corrected chi connectivity index (χ0v) is 17.0. The number of fused-ring (bicyclic) bond motifs is 1. The van der Waals surface area contributed by atoms with Crippen LogP contribution in [0.4, 0.5) is 5.69 Å². The molecule has 1 aromatic carbocycles. The van der Waals surface area contributed by atoms with E-state index in [0.717, 1.165) is 42.8 Å². The predicted molar refractivity (Wildman–Crippen MR) is 118 cm³/mol. The van der Waals surface area contributed by atoms with Gasteiger partial charge in [0.25, 0.3) is 0 Å². The van der Waals surface area contributed by atoms with Crippen molar-refractivity contribution < 1.29 is 5.11 Å². The minimum atomic E-state index is 0.169. The van der Waals surface area contributed by atoms with Crippen molar-refractivity contribution >= 4 is 28.1 Å². The van der Waals surface area contributed by atoms with Crippen LogP contribution in [0, 0.1) is 5.41 Å². The summed E-state index contributed by atoms with van der Waals surface area (Å²) in [4.78, 5) is 18.6. The zero-order chi connectivity index (χ0) is 20.7. The standard InChI is InChI=1S/C22H25N7O/c1-27-7-9-28(10-8-27)16-4-5-17-18(11-16)26-22(25-17)20-19(30)14-29(21(20)23)13-15-3-2-6-24-12-15/h2-6,11-12,23,30H,7-10,13-14H2,1H3,(H,25,26). The monoisotopic (exact) mass is 403 g/mol. The zero-order valence-electron chi connectivity index (χ0n) is 17.0. The third-order valence-electron chi connectivity index (χ3n) is 5.85. The van der Waals surface area contributed by atoms with E-state index in [4.69, 9.17) is 5.41 Å². The van der Waals surface area contributed by atoms with Gasteiger partial charge in [0.1, 0.15) is 17.4 Å². The first kappa shape index (κ1) is 18.6. The molecule has 2 aliphatic rings. The maximum absolute atomic E-state index is 10.6. The Kier molecular flexibility index (Phi) is 4.63. The summed E-state index contributed by atoms with van der Waals surface area (Å²) in [6.45, 7) is 4.93. The van der Waals surface area contributed by atoms with Gasteiger partial charge in [0, 0.05) is 50.8 Å². The maximum atomic E-state index is 10.6. The number of benzene rings is 1. The van der Waals surface area contributed by atoms with Gasteiger partial charge in [-0.2, -0.15) is 0 Å². The molecular weight excluding hydrogens is 378 g/mol. The van der Waals surface area contributed by atoms with Crippen molar-refractivity contribution in [1.82, 2.24) is 24.8 Å². The van der Waals surface area contributed by atoms with Crippen LogP contribution in [0.2, 0.25) is 0 Å². The average Bonchev–Trinajstić information content (AvgIpc) is 3.28. The number of piperazine rings is 1. The topological polar surface area (TPSA) is 95.4 Å². The molecule has 1 fully saturated rings. The van der Waals surface area contributed by atoms with Crippen molar-refractivity contribution in [2.45, 2.75) is 6.54 Å². The molecule has 0 atom stereocenters. The summed E-state index contributed by atoms with van der Waals surface area (Å²) in [5.74, 6) is 0.980. The summed E-state index contributed by atoms with van der Waals surface area (Å²) >= 11 is 0. The van der Waals surface area contributed by atoms with Crippen molar-refractivity contribution in [1.29, 1.82) is 5.41 Å². The number of H-pyrrole nitrogens is 1. The van der Waals surface area contributed by atoms with Gasteiger partial charge in [-0.1, -0.05) is 6.07 Å². The number of imidazole rings is 1. The molecule has 3 N–H and O–H groups in total. The van der Waals surface area contributed by atoms with Gasteiger partial charge in [0.15, 0.2) is 0 Å². The molecule has 4 heterocycles. The number of aliphatic hydroxyl groups excluding tert-OH is 1. The highest BCUT2D eigenvalue weighted by Crippen LogP contribution is 2.29. The molecule has 0 unspecified atom stereocenters. The van der Waals surface area contributed by atoms with Gasteiger partial charge < -0.3 is 24.8 Å². The lowest BCUT2D eigenvalue weighted by atomic mass is 10.2. The Labute approximate surface area is 175 Å². The molecule has 3 aromatic rings. The van der Waals surface area contributed by atoms with Gasteiger partial charge >= 0.3 is 0 Å². The molecule has 0 spiro atoms. The number of nitrogens with zero attached hydrogens (tertiary/aromatic N) is 5. The van der Waals surface area contributed by atoms with E-state index in [9.17, 15) is 5.11 Å². The molecule has 5 rings (SSSR count). The number of nitrogens with one attached hydrogen (secondary N) is 2. The largest absolute Gasteiger partial charge is 0.510 e. The van der Waals surface area contributed by atoms with Gasteiger partial charge in [0.05, 0.1) is 23.2 Å².